The maximum absolute atomic E-state index is 10.2. The van der Waals surface area contributed by atoms with E-state index in [1.165, 1.54) is 0 Å². The number of amides is 2. The maximum atomic E-state index is 10.2. The number of rotatable bonds is 2. The van der Waals surface area contributed by atoms with Crippen molar-refractivity contribution in [1.29, 1.82) is 0 Å². The number of nitrogens with zero attached hydrogens (tertiary/aromatic N) is 1. The molecule has 14 heavy (non-hydrogen) atoms. The van der Waals surface area contributed by atoms with Gasteiger partial charge in [-0.1, -0.05) is 15.9 Å². The van der Waals surface area contributed by atoms with Gasteiger partial charge in [-0.05, 0) is 0 Å². The number of aliphatic carboxylic acids is 1. The molecule has 0 aromatic rings. The first-order valence-corrected chi connectivity index (χ1v) is 4.93. The summed E-state index contributed by atoms with van der Waals surface area (Å²) in [5, 5.41) is 17.0. The third-order valence-corrected chi connectivity index (χ3v) is 1.73. The lowest BCUT2D eigenvalue weighted by Crippen LogP contribution is -2.24. The molecule has 1 fully saturated rings. The second-order valence-electron chi connectivity index (χ2n) is 2.43. The van der Waals surface area contributed by atoms with Gasteiger partial charge in [-0.15, -0.1) is 0 Å². The van der Waals surface area contributed by atoms with Crippen LogP contribution in [0.4, 0.5) is 0 Å². The molecule has 1 aliphatic heterocycles. The Balaban J connectivity index is 0.000000255. The van der Waals surface area contributed by atoms with E-state index in [1.807, 2.05) is 0 Å². The molecule has 0 aromatic carbocycles. The molecule has 0 aromatic heterocycles. The van der Waals surface area contributed by atoms with E-state index in [-0.39, 0.29) is 24.3 Å². The molecule has 7 heteroatoms. The topological polar surface area (TPSA) is 94.9 Å². The van der Waals surface area contributed by atoms with Gasteiger partial charge in [-0.25, -0.2) is 0 Å². The lowest BCUT2D eigenvalue weighted by Gasteiger charge is -1.98. The number of carboxylic acid groups (broad SMARTS) is 1. The smallest absolute Gasteiger partial charge is 0.304 e. The minimum Gasteiger partial charge on any atom is -0.481 e. The van der Waals surface area contributed by atoms with Crippen molar-refractivity contribution in [3.63, 3.8) is 0 Å². The average molecular weight is 268 g/mol. The van der Waals surface area contributed by atoms with Crippen molar-refractivity contribution in [2.24, 2.45) is 0 Å². The Hall–Kier alpha value is -0.950. The van der Waals surface area contributed by atoms with Crippen LogP contribution in [0.5, 0.6) is 0 Å². The lowest BCUT2D eigenvalue weighted by molar-refractivity contribution is -0.171. The highest BCUT2D eigenvalue weighted by Crippen LogP contribution is 2.06. The van der Waals surface area contributed by atoms with Crippen LogP contribution in [0.1, 0.15) is 19.3 Å². The van der Waals surface area contributed by atoms with E-state index in [2.05, 4.69) is 15.9 Å². The quantitative estimate of drug-likeness (QED) is 0.429. The van der Waals surface area contributed by atoms with Crippen molar-refractivity contribution in [3.8, 4) is 0 Å². The summed E-state index contributed by atoms with van der Waals surface area (Å²) in [6.45, 7) is 0. The highest BCUT2D eigenvalue weighted by molar-refractivity contribution is 9.09. The van der Waals surface area contributed by atoms with Crippen LogP contribution in [0.15, 0.2) is 0 Å². The second kappa shape index (κ2) is 6.50. The normalized spacial score (nSPS) is 15.1. The van der Waals surface area contributed by atoms with Crippen molar-refractivity contribution < 1.29 is 24.7 Å². The van der Waals surface area contributed by atoms with Crippen LogP contribution in [-0.4, -0.2) is 38.5 Å². The highest BCUT2D eigenvalue weighted by Gasteiger charge is 2.26. The maximum Gasteiger partial charge on any atom is 0.304 e. The Morgan fingerprint density at radius 3 is 1.86 bits per heavy atom. The summed E-state index contributed by atoms with van der Waals surface area (Å²) < 4.78 is 0. The number of imide groups is 1. The van der Waals surface area contributed by atoms with Crippen LogP contribution in [0.25, 0.3) is 0 Å². The molecule has 0 saturated carbocycles. The summed E-state index contributed by atoms with van der Waals surface area (Å²) in [6, 6.07) is 0. The monoisotopic (exact) mass is 267 g/mol. The van der Waals surface area contributed by atoms with Crippen LogP contribution < -0.4 is 0 Å². The average Bonchev–Trinajstić information content (AvgIpc) is 2.37. The van der Waals surface area contributed by atoms with E-state index in [0.717, 1.165) is 0 Å². The zero-order valence-electron chi connectivity index (χ0n) is 7.27. The summed E-state index contributed by atoms with van der Waals surface area (Å²) in [5.74, 6) is -1.77. The van der Waals surface area contributed by atoms with Gasteiger partial charge >= 0.3 is 5.97 Å². The first-order chi connectivity index (χ1) is 6.49. The van der Waals surface area contributed by atoms with Crippen LogP contribution in [-0.2, 0) is 14.4 Å². The molecule has 1 heterocycles. The Kier molecular flexibility index (Phi) is 6.06. The van der Waals surface area contributed by atoms with Gasteiger partial charge in [0.1, 0.15) is 0 Å². The van der Waals surface area contributed by atoms with E-state index in [9.17, 15) is 14.4 Å². The standard InChI is InChI=1S/C4H5NO3.C3H5BrO2/c6-3-1-2-4(7)5(3)8;4-2-1-3(5)6/h8H,1-2H2;1-2H2,(H,5,6). The molecule has 6 nitrogen and oxygen atoms in total. The van der Waals surface area contributed by atoms with Gasteiger partial charge < -0.3 is 5.11 Å². The third-order valence-electron chi connectivity index (χ3n) is 1.33. The van der Waals surface area contributed by atoms with Crippen molar-refractivity contribution >= 4 is 33.7 Å². The number of halogens is 1. The van der Waals surface area contributed by atoms with Gasteiger partial charge in [-0.2, -0.15) is 5.06 Å². The van der Waals surface area contributed by atoms with Crippen LogP contribution >= 0.6 is 15.9 Å². The molecule has 1 rings (SSSR count). The zero-order valence-corrected chi connectivity index (χ0v) is 8.86. The summed E-state index contributed by atoms with van der Waals surface area (Å²) in [4.78, 5) is 30.0. The van der Waals surface area contributed by atoms with E-state index >= 15 is 0 Å². The Bertz CT molecular complexity index is 226. The van der Waals surface area contributed by atoms with Gasteiger partial charge in [0.05, 0.1) is 6.42 Å². The van der Waals surface area contributed by atoms with Gasteiger partial charge in [0.25, 0.3) is 11.8 Å². The molecule has 2 N–H and O–H groups in total. The number of carbonyl (C=O) groups excluding carboxylic acids is 2. The SMILES string of the molecule is O=C(O)CCBr.O=C1CCC(=O)N1O. The Morgan fingerprint density at radius 1 is 1.36 bits per heavy atom. The molecule has 80 valence electrons. The summed E-state index contributed by atoms with van der Waals surface area (Å²) >= 11 is 2.97. The number of carboxylic acids is 1. The number of carbonyl (C=O) groups is 3. The van der Waals surface area contributed by atoms with Crippen molar-refractivity contribution in [2.45, 2.75) is 19.3 Å². The molecule has 2 amide bonds. The number of alkyl halides is 1. The minimum absolute atomic E-state index is 0.148. The van der Waals surface area contributed by atoms with Crippen molar-refractivity contribution in [1.82, 2.24) is 5.06 Å². The largest absolute Gasteiger partial charge is 0.481 e. The summed E-state index contributed by atoms with van der Waals surface area (Å²) in [7, 11) is 0. The molecule has 0 atom stereocenters. The fourth-order valence-corrected chi connectivity index (χ4v) is 0.985. The fraction of sp³-hybridized carbons (Fsp3) is 0.571. The fourth-order valence-electron chi connectivity index (χ4n) is 0.646. The van der Waals surface area contributed by atoms with Gasteiger partial charge in [0, 0.05) is 18.2 Å². The number of hydrogen-bond acceptors (Lipinski definition) is 4. The van der Waals surface area contributed by atoms with Gasteiger partial charge in [0.15, 0.2) is 0 Å². The van der Waals surface area contributed by atoms with Crippen LogP contribution in [0, 0.1) is 0 Å². The predicted molar refractivity (Wildman–Crippen MR) is 48.9 cm³/mol. The Morgan fingerprint density at radius 2 is 1.79 bits per heavy atom. The Labute approximate surface area is 88.6 Å². The third kappa shape index (κ3) is 4.93. The molecule has 0 unspecified atom stereocenters. The minimum atomic E-state index is -0.758. The van der Waals surface area contributed by atoms with E-state index < -0.39 is 17.8 Å². The molecule has 0 spiro atoms. The predicted octanol–water partition coefficient (Wildman–Crippen LogP) is 0.381. The van der Waals surface area contributed by atoms with Crippen LogP contribution in [0.3, 0.4) is 0 Å². The van der Waals surface area contributed by atoms with Crippen molar-refractivity contribution in [3.05, 3.63) is 0 Å². The lowest BCUT2D eigenvalue weighted by atomic mass is 10.4. The molecule has 0 bridgehead atoms. The molecular formula is C7H10BrNO5. The zero-order chi connectivity index (χ0) is 11.1. The molecule has 1 aliphatic rings. The van der Waals surface area contributed by atoms with Crippen LogP contribution in [0.2, 0.25) is 0 Å². The van der Waals surface area contributed by atoms with Gasteiger partial charge in [0.2, 0.25) is 0 Å². The van der Waals surface area contributed by atoms with E-state index in [1.54, 1.807) is 0 Å². The van der Waals surface area contributed by atoms with Gasteiger partial charge in [-0.3, -0.25) is 19.6 Å². The first kappa shape index (κ1) is 13.1. The first-order valence-electron chi connectivity index (χ1n) is 3.81. The summed E-state index contributed by atoms with van der Waals surface area (Å²) in [6.07, 6.45) is 0.505. The molecule has 1 saturated heterocycles. The van der Waals surface area contributed by atoms with E-state index in [4.69, 9.17) is 10.3 Å². The van der Waals surface area contributed by atoms with E-state index in [0.29, 0.717) is 5.33 Å². The molecule has 0 aliphatic carbocycles. The highest BCUT2D eigenvalue weighted by atomic mass is 79.9. The summed E-state index contributed by atoms with van der Waals surface area (Å²) in [5.41, 5.74) is 0. The second-order valence-corrected chi connectivity index (χ2v) is 3.22. The number of hydrogen-bond donors (Lipinski definition) is 2. The number of hydroxylamine groups is 2. The molecular weight excluding hydrogens is 258 g/mol. The van der Waals surface area contributed by atoms with Crippen molar-refractivity contribution in [2.75, 3.05) is 5.33 Å². The molecule has 0 radical (unpaired) electrons.